The average Bonchev–Trinajstić information content (AvgIpc) is 2.99. The van der Waals surface area contributed by atoms with Gasteiger partial charge in [0.15, 0.2) is 0 Å². The van der Waals surface area contributed by atoms with Gasteiger partial charge in [-0.25, -0.2) is 4.79 Å². The Morgan fingerprint density at radius 3 is 1.87 bits per heavy atom. The van der Waals surface area contributed by atoms with E-state index in [1.807, 2.05) is 0 Å². The van der Waals surface area contributed by atoms with Crippen LogP contribution in [0.2, 0.25) is 10.0 Å². The molecule has 2 fully saturated rings. The van der Waals surface area contributed by atoms with Gasteiger partial charge in [0.25, 0.3) is 5.91 Å². The number of likely N-dealkylation sites (N-methyl/N-ethyl adjacent to an activating group) is 1. The molecule has 2 atom stereocenters. The first-order valence-electron chi connectivity index (χ1n) is 14.9. The number of amides is 3. The van der Waals surface area contributed by atoms with Gasteiger partial charge in [-0.15, -0.1) is 0 Å². The predicted molar refractivity (Wildman–Crippen MR) is 163 cm³/mol. The summed E-state index contributed by atoms with van der Waals surface area (Å²) in [5, 5.41) is 0.447. The highest BCUT2D eigenvalue weighted by Gasteiger charge is 2.41. The first-order valence-corrected chi connectivity index (χ1v) is 15.7. The fourth-order valence-electron chi connectivity index (χ4n) is 6.00. The third-order valence-corrected chi connectivity index (χ3v) is 9.15. The number of rotatable bonds is 4. The Hall–Kier alpha value is -3.19. The van der Waals surface area contributed by atoms with Crippen molar-refractivity contribution in [1.29, 1.82) is 0 Å². The Bertz CT molecular complexity index is 1470. The largest absolute Gasteiger partial charge is 0.444 e. The molecular formula is C32H35Cl2F6N3O4. The van der Waals surface area contributed by atoms with Gasteiger partial charge in [-0.3, -0.25) is 9.59 Å². The zero-order valence-corrected chi connectivity index (χ0v) is 27.7. The van der Waals surface area contributed by atoms with Crippen molar-refractivity contribution in [3.63, 3.8) is 0 Å². The molecule has 2 saturated heterocycles. The van der Waals surface area contributed by atoms with E-state index in [9.17, 15) is 40.7 Å². The zero-order chi connectivity index (χ0) is 35.1. The van der Waals surface area contributed by atoms with Crippen molar-refractivity contribution >= 4 is 41.1 Å². The van der Waals surface area contributed by atoms with Crippen LogP contribution < -0.4 is 0 Å². The number of likely N-dealkylation sites (tertiary alicyclic amines) is 2. The van der Waals surface area contributed by atoms with Crippen LogP contribution in [0.1, 0.15) is 73.0 Å². The van der Waals surface area contributed by atoms with Crippen molar-refractivity contribution in [3.8, 4) is 0 Å². The molecule has 0 aromatic heterocycles. The van der Waals surface area contributed by atoms with Gasteiger partial charge in [0, 0.05) is 56.7 Å². The average molecular weight is 711 g/mol. The molecule has 2 aromatic carbocycles. The monoisotopic (exact) mass is 709 g/mol. The zero-order valence-electron chi connectivity index (χ0n) is 26.1. The highest BCUT2D eigenvalue weighted by atomic mass is 35.5. The van der Waals surface area contributed by atoms with E-state index in [-0.39, 0.29) is 47.4 Å². The van der Waals surface area contributed by atoms with Gasteiger partial charge in [-0.05, 0) is 75.9 Å². The van der Waals surface area contributed by atoms with Crippen molar-refractivity contribution in [2.75, 3.05) is 33.2 Å². The molecule has 2 aromatic rings. The molecule has 7 nitrogen and oxygen atoms in total. The predicted octanol–water partition coefficient (Wildman–Crippen LogP) is 8.13. The first-order chi connectivity index (χ1) is 21.7. The Labute approximate surface area is 278 Å². The summed E-state index contributed by atoms with van der Waals surface area (Å²) in [5.41, 5.74) is -4.03. The lowest BCUT2D eigenvalue weighted by atomic mass is 9.83. The molecule has 3 amide bonds. The maximum absolute atomic E-state index is 13.7. The van der Waals surface area contributed by atoms with E-state index in [0.717, 1.165) is 4.90 Å². The number of benzene rings is 2. The van der Waals surface area contributed by atoms with Crippen molar-refractivity contribution in [1.82, 2.24) is 14.7 Å². The van der Waals surface area contributed by atoms with Gasteiger partial charge in [-0.1, -0.05) is 29.3 Å². The quantitative estimate of drug-likeness (QED) is 0.301. The molecule has 258 valence electrons. The maximum atomic E-state index is 13.7. The third kappa shape index (κ3) is 8.84. The van der Waals surface area contributed by atoms with Crippen molar-refractivity contribution in [2.24, 2.45) is 5.92 Å². The van der Waals surface area contributed by atoms with Gasteiger partial charge >= 0.3 is 18.4 Å². The molecule has 15 heteroatoms. The summed E-state index contributed by atoms with van der Waals surface area (Å²) in [7, 11) is 1.31. The van der Waals surface area contributed by atoms with Crippen LogP contribution in [0.3, 0.4) is 0 Å². The van der Waals surface area contributed by atoms with E-state index < -0.39 is 58.6 Å². The van der Waals surface area contributed by atoms with E-state index in [1.54, 1.807) is 42.7 Å². The molecule has 0 N–H and O–H groups in total. The lowest BCUT2D eigenvalue weighted by molar-refractivity contribution is -0.143. The van der Waals surface area contributed by atoms with Crippen molar-refractivity contribution in [2.45, 2.75) is 69.9 Å². The summed E-state index contributed by atoms with van der Waals surface area (Å²) < 4.78 is 86.6. The van der Waals surface area contributed by atoms with Crippen LogP contribution in [-0.2, 0) is 21.9 Å². The highest BCUT2D eigenvalue weighted by molar-refractivity contribution is 6.42. The van der Waals surface area contributed by atoms with Crippen molar-refractivity contribution < 1.29 is 45.5 Å². The highest BCUT2D eigenvalue weighted by Crippen LogP contribution is 2.39. The summed E-state index contributed by atoms with van der Waals surface area (Å²) >= 11 is 12.4. The minimum absolute atomic E-state index is 0.0304. The molecule has 0 spiro atoms. The SMILES string of the molecule is CN(C(=O)c1cc(C(F)(F)F)cc(C(F)(F)F)c1)[C@@H]1CCN(C(=O)C2CCN(C(=O)OC(C)(C)C)CC2)C[C@H]1c1ccc(Cl)c(Cl)c1. The summed E-state index contributed by atoms with van der Waals surface area (Å²) in [4.78, 5) is 44.1. The summed E-state index contributed by atoms with van der Waals surface area (Å²) in [5.74, 6) is -2.18. The number of hydrogen-bond acceptors (Lipinski definition) is 4. The molecule has 0 bridgehead atoms. The molecule has 0 aliphatic carbocycles. The number of carbonyl (C=O) groups is 3. The molecule has 4 rings (SSSR count). The number of halogens is 8. The number of hydrogen-bond donors (Lipinski definition) is 0. The van der Waals surface area contributed by atoms with Crippen LogP contribution in [0.15, 0.2) is 36.4 Å². The van der Waals surface area contributed by atoms with Crippen LogP contribution in [0.4, 0.5) is 31.1 Å². The van der Waals surface area contributed by atoms with Gasteiger partial charge in [-0.2, -0.15) is 26.3 Å². The fourth-order valence-corrected chi connectivity index (χ4v) is 6.31. The number of piperidine rings is 2. The second-order valence-corrected chi connectivity index (χ2v) is 13.7. The summed E-state index contributed by atoms with van der Waals surface area (Å²) in [6.07, 6.45) is -9.70. The van der Waals surface area contributed by atoms with Crippen LogP contribution in [-0.4, -0.2) is 77.5 Å². The Morgan fingerprint density at radius 2 is 1.36 bits per heavy atom. The second kappa shape index (κ2) is 13.7. The summed E-state index contributed by atoms with van der Waals surface area (Å²) in [6.45, 7) is 6.22. The van der Waals surface area contributed by atoms with Crippen LogP contribution >= 0.6 is 23.2 Å². The molecule has 0 saturated carbocycles. The van der Waals surface area contributed by atoms with Crippen LogP contribution in [0.5, 0.6) is 0 Å². The van der Waals surface area contributed by atoms with E-state index in [4.69, 9.17) is 27.9 Å². The third-order valence-electron chi connectivity index (χ3n) is 8.41. The van der Waals surface area contributed by atoms with E-state index in [1.165, 1.54) is 13.1 Å². The minimum Gasteiger partial charge on any atom is -0.444 e. The lowest BCUT2D eigenvalue weighted by Gasteiger charge is -2.44. The molecular weight excluding hydrogens is 675 g/mol. The molecule has 2 aliphatic heterocycles. The van der Waals surface area contributed by atoms with Gasteiger partial charge in [0.05, 0.1) is 21.2 Å². The molecule has 0 radical (unpaired) electrons. The molecule has 0 unspecified atom stereocenters. The maximum Gasteiger partial charge on any atom is 0.416 e. The molecule has 2 aliphatic rings. The summed E-state index contributed by atoms with van der Waals surface area (Å²) in [6, 6.07) is 4.82. The van der Waals surface area contributed by atoms with E-state index in [2.05, 4.69) is 0 Å². The number of ether oxygens (including phenoxy) is 1. The Balaban J connectivity index is 1.58. The number of carbonyl (C=O) groups excluding carboxylic acids is 3. The Morgan fingerprint density at radius 1 is 0.809 bits per heavy atom. The lowest BCUT2D eigenvalue weighted by Crippen LogP contribution is -2.54. The smallest absolute Gasteiger partial charge is 0.416 e. The molecule has 47 heavy (non-hydrogen) atoms. The Kier molecular flexibility index (Phi) is 10.7. The van der Waals surface area contributed by atoms with Gasteiger partial charge in [0.2, 0.25) is 5.91 Å². The standard InChI is InChI=1S/C32H35Cl2F6N3O4/c1-30(2,3)47-29(46)42-10-7-18(8-11-42)28(45)43-12-9-26(23(17-43)19-5-6-24(33)25(34)15-19)41(4)27(44)20-13-21(31(35,36)37)16-22(14-20)32(38,39)40/h5-6,13-16,18,23,26H,7-12,17H2,1-4H3/t23-,26+/m0/s1. The van der Waals surface area contributed by atoms with E-state index >= 15 is 0 Å². The second-order valence-electron chi connectivity index (χ2n) is 12.9. The fraction of sp³-hybridized carbons (Fsp3) is 0.531. The normalized spacial score (nSPS) is 19.8. The number of alkyl halides is 6. The minimum atomic E-state index is -5.12. The molecule has 2 heterocycles. The van der Waals surface area contributed by atoms with Gasteiger partial charge < -0.3 is 19.4 Å². The first kappa shape index (κ1) is 36.6. The van der Waals surface area contributed by atoms with Crippen LogP contribution in [0, 0.1) is 5.92 Å². The van der Waals surface area contributed by atoms with E-state index in [0.29, 0.717) is 43.6 Å². The number of nitrogens with zero attached hydrogens (tertiary/aromatic N) is 3. The van der Waals surface area contributed by atoms with Crippen LogP contribution in [0.25, 0.3) is 0 Å². The topological polar surface area (TPSA) is 70.2 Å². The van der Waals surface area contributed by atoms with Gasteiger partial charge in [0.1, 0.15) is 5.60 Å². The van der Waals surface area contributed by atoms with Crippen molar-refractivity contribution in [3.05, 3.63) is 68.7 Å².